The maximum atomic E-state index is 13.6. The van der Waals surface area contributed by atoms with Crippen molar-refractivity contribution in [3.05, 3.63) is 53.3 Å². The second-order valence-electron chi connectivity index (χ2n) is 5.56. The molecule has 0 saturated heterocycles. The Morgan fingerprint density at radius 2 is 1.84 bits per heavy atom. The van der Waals surface area contributed by atoms with Crippen molar-refractivity contribution in [2.24, 2.45) is 0 Å². The van der Waals surface area contributed by atoms with Crippen molar-refractivity contribution in [3.8, 4) is 11.5 Å². The van der Waals surface area contributed by atoms with E-state index in [0.29, 0.717) is 17.3 Å². The topological polar surface area (TPSA) is 47.6 Å². The van der Waals surface area contributed by atoms with Gasteiger partial charge in [-0.1, -0.05) is 12.1 Å². The molecule has 0 aliphatic rings. The molecule has 0 saturated carbocycles. The summed E-state index contributed by atoms with van der Waals surface area (Å²) in [6, 6.07) is 9.97. The van der Waals surface area contributed by atoms with E-state index in [1.165, 1.54) is 17.8 Å². The van der Waals surface area contributed by atoms with Gasteiger partial charge in [-0.2, -0.15) is 0 Å². The van der Waals surface area contributed by atoms with Crippen LogP contribution >= 0.6 is 11.8 Å². The molecule has 0 aromatic heterocycles. The third-order valence-electron chi connectivity index (χ3n) is 3.83. The van der Waals surface area contributed by atoms with Crippen LogP contribution in [0.2, 0.25) is 0 Å². The number of thioether (sulfide) groups is 1. The zero-order chi connectivity index (χ0) is 18.4. The van der Waals surface area contributed by atoms with Gasteiger partial charge in [0.1, 0.15) is 5.82 Å². The molecule has 0 heterocycles. The molecule has 0 aliphatic heterocycles. The Morgan fingerprint density at radius 1 is 1.20 bits per heavy atom. The number of anilines is 1. The Morgan fingerprint density at radius 3 is 2.48 bits per heavy atom. The zero-order valence-electron chi connectivity index (χ0n) is 14.8. The van der Waals surface area contributed by atoms with Gasteiger partial charge in [0.2, 0.25) is 5.91 Å². The van der Waals surface area contributed by atoms with Gasteiger partial charge in [-0.15, -0.1) is 11.8 Å². The maximum absolute atomic E-state index is 13.6. The zero-order valence-corrected chi connectivity index (χ0v) is 15.6. The van der Waals surface area contributed by atoms with Gasteiger partial charge in [-0.25, -0.2) is 4.39 Å². The second-order valence-corrected chi connectivity index (χ2v) is 6.89. The minimum Gasteiger partial charge on any atom is -0.493 e. The molecule has 4 nitrogen and oxygen atoms in total. The van der Waals surface area contributed by atoms with Gasteiger partial charge in [0.25, 0.3) is 0 Å². The van der Waals surface area contributed by atoms with Crippen molar-refractivity contribution in [3.63, 3.8) is 0 Å². The van der Waals surface area contributed by atoms with Crippen LogP contribution in [0.4, 0.5) is 10.1 Å². The summed E-state index contributed by atoms with van der Waals surface area (Å²) in [6.07, 6.45) is 0. The molecule has 0 spiro atoms. The number of hydrogen-bond acceptors (Lipinski definition) is 4. The largest absolute Gasteiger partial charge is 0.493 e. The summed E-state index contributed by atoms with van der Waals surface area (Å²) in [5.41, 5.74) is 2.32. The van der Waals surface area contributed by atoms with Gasteiger partial charge in [-0.3, -0.25) is 4.79 Å². The summed E-state index contributed by atoms with van der Waals surface area (Å²) in [5, 5.41) is 2.30. The van der Waals surface area contributed by atoms with Crippen molar-refractivity contribution < 1.29 is 18.7 Å². The summed E-state index contributed by atoms with van der Waals surface area (Å²) in [4.78, 5) is 12.3. The fraction of sp³-hybridized carbons (Fsp3) is 0.316. The quantitative estimate of drug-likeness (QED) is 0.791. The summed E-state index contributed by atoms with van der Waals surface area (Å²) in [6.45, 7) is 3.79. The lowest BCUT2D eigenvalue weighted by molar-refractivity contribution is -0.115. The predicted octanol–water partition coefficient (Wildman–Crippen LogP) is 4.41. The highest BCUT2D eigenvalue weighted by atomic mass is 32.2. The highest BCUT2D eigenvalue weighted by Crippen LogP contribution is 2.32. The minimum atomic E-state index is -0.441. The summed E-state index contributed by atoms with van der Waals surface area (Å²) in [5.74, 6) is 1.31. The van der Waals surface area contributed by atoms with E-state index in [0.717, 1.165) is 11.1 Å². The number of nitrogens with one attached hydrogen (secondary N) is 1. The lowest BCUT2D eigenvalue weighted by Gasteiger charge is -2.15. The van der Waals surface area contributed by atoms with Crippen LogP contribution in [0.5, 0.6) is 11.5 Å². The maximum Gasteiger partial charge on any atom is 0.237 e. The number of carbonyl (C=O) groups is 1. The van der Waals surface area contributed by atoms with Crippen LogP contribution in [0.3, 0.4) is 0 Å². The average molecular weight is 363 g/mol. The fourth-order valence-corrected chi connectivity index (χ4v) is 3.22. The molecule has 134 valence electrons. The van der Waals surface area contributed by atoms with E-state index in [1.807, 2.05) is 19.1 Å². The van der Waals surface area contributed by atoms with Crippen molar-refractivity contribution in [2.45, 2.75) is 24.9 Å². The van der Waals surface area contributed by atoms with E-state index in [-0.39, 0.29) is 16.8 Å². The molecule has 0 radical (unpaired) electrons. The van der Waals surface area contributed by atoms with Crippen LogP contribution < -0.4 is 14.8 Å². The van der Waals surface area contributed by atoms with E-state index >= 15 is 0 Å². The van der Waals surface area contributed by atoms with Crippen LogP contribution in [-0.4, -0.2) is 25.4 Å². The Kier molecular flexibility index (Phi) is 6.70. The van der Waals surface area contributed by atoms with E-state index in [4.69, 9.17) is 9.47 Å². The summed E-state index contributed by atoms with van der Waals surface area (Å²) >= 11 is 1.48. The third-order valence-corrected chi connectivity index (χ3v) is 5.02. The second kappa shape index (κ2) is 8.76. The SMILES string of the molecule is COc1cc(C)c(CSC(C)C(=O)Nc2ccccc2F)cc1OC. The first-order valence-electron chi connectivity index (χ1n) is 7.84. The van der Waals surface area contributed by atoms with Gasteiger partial charge in [-0.05, 0) is 49.2 Å². The van der Waals surface area contributed by atoms with E-state index < -0.39 is 5.82 Å². The summed E-state index contributed by atoms with van der Waals surface area (Å²) < 4.78 is 24.2. The molecular weight excluding hydrogens is 341 g/mol. The van der Waals surface area contributed by atoms with Crippen LogP contribution in [0, 0.1) is 12.7 Å². The van der Waals surface area contributed by atoms with Gasteiger partial charge < -0.3 is 14.8 Å². The first-order chi connectivity index (χ1) is 12.0. The smallest absolute Gasteiger partial charge is 0.237 e. The van der Waals surface area contributed by atoms with Gasteiger partial charge >= 0.3 is 0 Å². The monoisotopic (exact) mass is 363 g/mol. The predicted molar refractivity (Wildman–Crippen MR) is 100 cm³/mol. The van der Waals surface area contributed by atoms with Crippen LogP contribution in [0.1, 0.15) is 18.1 Å². The fourth-order valence-electron chi connectivity index (χ4n) is 2.27. The number of hydrogen-bond donors (Lipinski definition) is 1. The molecule has 2 aromatic rings. The Hall–Kier alpha value is -2.21. The number of methoxy groups -OCH3 is 2. The normalized spacial score (nSPS) is 11.7. The Bertz CT molecular complexity index is 751. The molecule has 1 unspecified atom stereocenters. The third kappa shape index (κ3) is 4.89. The number of amides is 1. The Balaban J connectivity index is 2.01. The highest BCUT2D eigenvalue weighted by Gasteiger charge is 2.16. The standard InChI is InChI=1S/C19H22FNO3S/c1-12-9-17(23-3)18(24-4)10-14(12)11-25-13(2)19(22)21-16-8-6-5-7-15(16)20/h5-10,13H,11H2,1-4H3,(H,21,22). The van der Waals surface area contributed by atoms with Gasteiger partial charge in [0, 0.05) is 5.75 Å². The molecule has 0 fully saturated rings. The molecular formula is C19H22FNO3S. The van der Waals surface area contributed by atoms with Crippen LogP contribution in [-0.2, 0) is 10.5 Å². The minimum absolute atomic E-state index is 0.197. The average Bonchev–Trinajstić information content (AvgIpc) is 2.61. The molecule has 1 atom stereocenters. The van der Waals surface area contributed by atoms with Crippen molar-refractivity contribution in [1.82, 2.24) is 0 Å². The number of aryl methyl sites for hydroxylation is 1. The number of ether oxygens (including phenoxy) is 2. The summed E-state index contributed by atoms with van der Waals surface area (Å²) in [7, 11) is 3.19. The molecule has 25 heavy (non-hydrogen) atoms. The number of halogens is 1. The lowest BCUT2D eigenvalue weighted by Crippen LogP contribution is -2.23. The molecule has 0 bridgehead atoms. The van der Waals surface area contributed by atoms with Crippen molar-refractivity contribution in [2.75, 3.05) is 19.5 Å². The first kappa shape index (κ1) is 19.1. The van der Waals surface area contributed by atoms with Gasteiger partial charge in [0.05, 0.1) is 25.2 Å². The van der Waals surface area contributed by atoms with Crippen LogP contribution in [0.15, 0.2) is 36.4 Å². The van der Waals surface area contributed by atoms with Crippen LogP contribution in [0.25, 0.3) is 0 Å². The molecule has 2 aromatic carbocycles. The number of para-hydroxylation sites is 1. The van der Waals surface area contributed by atoms with Crippen molar-refractivity contribution >= 4 is 23.4 Å². The number of benzene rings is 2. The number of carbonyl (C=O) groups excluding carboxylic acids is 1. The Labute approximate surface area is 151 Å². The number of rotatable bonds is 7. The first-order valence-corrected chi connectivity index (χ1v) is 8.89. The van der Waals surface area contributed by atoms with E-state index in [2.05, 4.69) is 5.32 Å². The lowest BCUT2D eigenvalue weighted by atomic mass is 10.1. The van der Waals surface area contributed by atoms with E-state index in [9.17, 15) is 9.18 Å². The van der Waals surface area contributed by atoms with E-state index in [1.54, 1.807) is 39.3 Å². The van der Waals surface area contributed by atoms with Gasteiger partial charge in [0.15, 0.2) is 11.5 Å². The highest BCUT2D eigenvalue weighted by molar-refractivity contribution is 7.99. The molecule has 0 aliphatic carbocycles. The molecule has 1 N–H and O–H groups in total. The molecule has 1 amide bonds. The molecule has 2 rings (SSSR count). The molecule has 6 heteroatoms. The van der Waals surface area contributed by atoms with Crippen molar-refractivity contribution in [1.29, 1.82) is 0 Å².